The van der Waals surface area contributed by atoms with E-state index in [9.17, 15) is 4.79 Å². The van der Waals surface area contributed by atoms with Crippen LogP contribution >= 0.6 is 0 Å². The molecule has 0 bridgehead atoms. The average molecular weight is 269 g/mol. The molecule has 0 aromatic heterocycles. The molecule has 0 unspecified atom stereocenters. The molecule has 3 nitrogen and oxygen atoms in total. The first kappa shape index (κ1) is 14.3. The van der Waals surface area contributed by atoms with Crippen molar-refractivity contribution >= 4 is 11.5 Å². The number of aliphatic hydroxyl groups is 1. The second-order valence-electron chi connectivity index (χ2n) is 4.94. The molecule has 0 atom stereocenters. The Morgan fingerprint density at radius 1 is 0.950 bits per heavy atom. The molecule has 0 aliphatic heterocycles. The molecule has 104 valence electrons. The number of hydrogen-bond donors (Lipinski definition) is 1. The number of carbonyl (C=O) groups is 1. The molecule has 0 radical (unpaired) electrons. The normalized spacial score (nSPS) is 10.3. The molecule has 0 heterocycles. The van der Waals surface area contributed by atoms with Crippen LogP contribution in [0.2, 0.25) is 0 Å². The molecule has 0 fully saturated rings. The minimum Gasteiger partial charge on any atom is -0.396 e. The van der Waals surface area contributed by atoms with Gasteiger partial charge in [0, 0.05) is 37.5 Å². The minimum atomic E-state index is 0.0193. The molecule has 2 aromatic rings. The summed E-state index contributed by atoms with van der Waals surface area (Å²) in [4.78, 5) is 14.3. The third-order valence-corrected chi connectivity index (χ3v) is 3.26. The maximum absolute atomic E-state index is 12.3. The van der Waals surface area contributed by atoms with Crippen LogP contribution in [-0.4, -0.2) is 31.6 Å². The highest BCUT2D eigenvalue weighted by Gasteiger charge is 2.09. The summed E-state index contributed by atoms with van der Waals surface area (Å²) in [6.45, 7) is 0.124. The lowest BCUT2D eigenvalue weighted by atomic mass is 10.0. The van der Waals surface area contributed by atoms with E-state index in [1.807, 2.05) is 67.5 Å². The van der Waals surface area contributed by atoms with Gasteiger partial charge in [-0.2, -0.15) is 0 Å². The molecule has 1 N–H and O–H groups in total. The highest BCUT2D eigenvalue weighted by Crippen LogP contribution is 2.16. The van der Waals surface area contributed by atoms with Gasteiger partial charge in [-0.3, -0.25) is 4.79 Å². The Balaban J connectivity index is 2.17. The van der Waals surface area contributed by atoms with Gasteiger partial charge < -0.3 is 10.0 Å². The van der Waals surface area contributed by atoms with E-state index in [0.29, 0.717) is 17.5 Å². The SMILES string of the molecule is CN(C)c1ccc(C(=O)c2ccc(CCO)cc2)cc1. The van der Waals surface area contributed by atoms with E-state index in [1.54, 1.807) is 0 Å². The lowest BCUT2D eigenvalue weighted by Crippen LogP contribution is -2.09. The molecule has 0 saturated heterocycles. The highest BCUT2D eigenvalue weighted by molar-refractivity contribution is 6.09. The lowest BCUT2D eigenvalue weighted by Gasteiger charge is -2.12. The third kappa shape index (κ3) is 3.25. The summed E-state index contributed by atoms with van der Waals surface area (Å²) in [7, 11) is 3.94. The van der Waals surface area contributed by atoms with E-state index < -0.39 is 0 Å². The molecule has 0 spiro atoms. The Bertz CT molecular complexity index is 571. The number of nitrogens with zero attached hydrogens (tertiary/aromatic N) is 1. The molecular formula is C17H19NO2. The first-order valence-electron chi connectivity index (χ1n) is 6.63. The number of hydrogen-bond acceptors (Lipinski definition) is 3. The topological polar surface area (TPSA) is 40.5 Å². The van der Waals surface area contributed by atoms with Crippen molar-refractivity contribution in [1.82, 2.24) is 0 Å². The quantitative estimate of drug-likeness (QED) is 0.848. The van der Waals surface area contributed by atoms with Crippen molar-refractivity contribution in [1.29, 1.82) is 0 Å². The predicted octanol–water partition coefficient (Wildman–Crippen LogP) is 2.52. The van der Waals surface area contributed by atoms with E-state index in [4.69, 9.17) is 5.11 Å². The highest BCUT2D eigenvalue weighted by atomic mass is 16.2. The average Bonchev–Trinajstić information content (AvgIpc) is 2.48. The van der Waals surface area contributed by atoms with Gasteiger partial charge in [-0.15, -0.1) is 0 Å². The zero-order valence-electron chi connectivity index (χ0n) is 11.8. The smallest absolute Gasteiger partial charge is 0.193 e. The number of carbonyl (C=O) groups excluding carboxylic acids is 1. The molecular weight excluding hydrogens is 250 g/mol. The van der Waals surface area contributed by atoms with Gasteiger partial charge in [0.15, 0.2) is 5.78 Å². The molecule has 0 saturated carbocycles. The van der Waals surface area contributed by atoms with E-state index >= 15 is 0 Å². The molecule has 20 heavy (non-hydrogen) atoms. The summed E-state index contributed by atoms with van der Waals surface area (Å²) in [6, 6.07) is 15.0. The van der Waals surface area contributed by atoms with Crippen molar-refractivity contribution in [3.05, 3.63) is 65.2 Å². The van der Waals surface area contributed by atoms with Crippen molar-refractivity contribution in [3.63, 3.8) is 0 Å². The second-order valence-corrected chi connectivity index (χ2v) is 4.94. The molecule has 2 rings (SSSR count). The Morgan fingerprint density at radius 2 is 1.45 bits per heavy atom. The van der Waals surface area contributed by atoms with Crippen molar-refractivity contribution in [2.24, 2.45) is 0 Å². The molecule has 0 aliphatic carbocycles. The fourth-order valence-electron chi connectivity index (χ4n) is 2.03. The molecule has 2 aromatic carbocycles. The van der Waals surface area contributed by atoms with Crippen LogP contribution in [0.4, 0.5) is 5.69 Å². The molecule has 0 aliphatic rings. The van der Waals surface area contributed by atoms with Crippen LogP contribution in [0.25, 0.3) is 0 Å². The fraction of sp³-hybridized carbons (Fsp3) is 0.235. The van der Waals surface area contributed by atoms with Gasteiger partial charge in [0.05, 0.1) is 0 Å². The minimum absolute atomic E-state index is 0.0193. The van der Waals surface area contributed by atoms with Gasteiger partial charge in [-0.1, -0.05) is 24.3 Å². The number of aliphatic hydroxyl groups excluding tert-OH is 1. The van der Waals surface area contributed by atoms with E-state index in [0.717, 1.165) is 11.3 Å². The Labute approximate surface area is 119 Å². The van der Waals surface area contributed by atoms with Gasteiger partial charge >= 0.3 is 0 Å². The summed E-state index contributed by atoms with van der Waals surface area (Å²) in [6.07, 6.45) is 0.617. The van der Waals surface area contributed by atoms with Crippen LogP contribution in [0.3, 0.4) is 0 Å². The number of ketones is 1. The molecule has 0 amide bonds. The standard InChI is InChI=1S/C17H19NO2/c1-18(2)16-9-7-15(8-10-16)17(20)14-5-3-13(4-6-14)11-12-19/h3-10,19H,11-12H2,1-2H3. The zero-order chi connectivity index (χ0) is 14.5. The van der Waals surface area contributed by atoms with Gasteiger partial charge in [-0.25, -0.2) is 0 Å². The van der Waals surface area contributed by atoms with E-state index in [-0.39, 0.29) is 12.4 Å². The first-order chi connectivity index (χ1) is 9.61. The summed E-state index contributed by atoms with van der Waals surface area (Å²) >= 11 is 0. The lowest BCUT2D eigenvalue weighted by molar-refractivity contribution is 0.103. The van der Waals surface area contributed by atoms with Gasteiger partial charge in [0.1, 0.15) is 0 Å². The van der Waals surface area contributed by atoms with Crippen LogP contribution < -0.4 is 4.90 Å². The summed E-state index contributed by atoms with van der Waals surface area (Å²) in [5.41, 5.74) is 3.46. The van der Waals surface area contributed by atoms with E-state index in [1.165, 1.54) is 0 Å². The maximum atomic E-state index is 12.3. The van der Waals surface area contributed by atoms with E-state index in [2.05, 4.69) is 0 Å². The second kappa shape index (κ2) is 6.35. The summed E-state index contributed by atoms with van der Waals surface area (Å²) in [5.74, 6) is 0.0193. The summed E-state index contributed by atoms with van der Waals surface area (Å²) in [5, 5.41) is 8.88. The molecule has 3 heteroatoms. The number of anilines is 1. The fourth-order valence-corrected chi connectivity index (χ4v) is 2.03. The number of benzene rings is 2. The Hall–Kier alpha value is -2.13. The van der Waals surface area contributed by atoms with Crippen LogP contribution in [0.15, 0.2) is 48.5 Å². The number of rotatable bonds is 5. The zero-order valence-corrected chi connectivity index (χ0v) is 11.8. The maximum Gasteiger partial charge on any atom is 0.193 e. The van der Waals surface area contributed by atoms with Crippen molar-refractivity contribution in [2.45, 2.75) is 6.42 Å². The van der Waals surface area contributed by atoms with Gasteiger partial charge in [-0.05, 0) is 36.2 Å². The van der Waals surface area contributed by atoms with Crippen LogP contribution in [0.5, 0.6) is 0 Å². The Kier molecular flexibility index (Phi) is 4.53. The largest absolute Gasteiger partial charge is 0.396 e. The van der Waals surface area contributed by atoms with Gasteiger partial charge in [0.25, 0.3) is 0 Å². The van der Waals surface area contributed by atoms with Gasteiger partial charge in [0.2, 0.25) is 0 Å². The summed E-state index contributed by atoms with van der Waals surface area (Å²) < 4.78 is 0. The predicted molar refractivity (Wildman–Crippen MR) is 81.4 cm³/mol. The third-order valence-electron chi connectivity index (χ3n) is 3.26. The van der Waals surface area contributed by atoms with Crippen LogP contribution in [-0.2, 0) is 6.42 Å². The first-order valence-corrected chi connectivity index (χ1v) is 6.63. The van der Waals surface area contributed by atoms with Crippen molar-refractivity contribution < 1.29 is 9.90 Å². The van der Waals surface area contributed by atoms with Crippen LogP contribution in [0, 0.1) is 0 Å². The van der Waals surface area contributed by atoms with Crippen molar-refractivity contribution in [2.75, 3.05) is 25.6 Å². The Morgan fingerprint density at radius 3 is 1.90 bits per heavy atom. The van der Waals surface area contributed by atoms with Crippen molar-refractivity contribution in [3.8, 4) is 0 Å². The monoisotopic (exact) mass is 269 g/mol. The van der Waals surface area contributed by atoms with Crippen LogP contribution in [0.1, 0.15) is 21.5 Å².